The van der Waals surface area contributed by atoms with Gasteiger partial charge in [0.2, 0.25) is 0 Å². The fourth-order valence-electron chi connectivity index (χ4n) is 2.65. The minimum atomic E-state index is 0.433. The van der Waals surface area contributed by atoms with Crippen molar-refractivity contribution in [1.29, 1.82) is 0 Å². The number of nitrogens with two attached hydrogens (primary N) is 1. The van der Waals surface area contributed by atoms with Gasteiger partial charge in [-0.05, 0) is 45.6 Å². The predicted molar refractivity (Wildman–Crippen MR) is 73.2 cm³/mol. The molecule has 1 aromatic heterocycles. The van der Waals surface area contributed by atoms with Crippen LogP contribution in [0.25, 0.3) is 0 Å². The summed E-state index contributed by atoms with van der Waals surface area (Å²) in [5.74, 6) is 0.771. The van der Waals surface area contributed by atoms with Crippen molar-refractivity contribution in [3.63, 3.8) is 0 Å². The van der Waals surface area contributed by atoms with Crippen LogP contribution in [0.15, 0.2) is 0 Å². The van der Waals surface area contributed by atoms with Crippen LogP contribution in [-0.2, 0) is 6.54 Å². The molecule has 1 heterocycles. The quantitative estimate of drug-likeness (QED) is 0.866. The zero-order chi connectivity index (χ0) is 12.3. The number of rotatable bonds is 4. The Morgan fingerprint density at radius 3 is 2.88 bits per heavy atom. The van der Waals surface area contributed by atoms with Gasteiger partial charge in [-0.25, -0.2) is 4.98 Å². The van der Waals surface area contributed by atoms with Gasteiger partial charge in [0.25, 0.3) is 0 Å². The Balaban J connectivity index is 1.74. The molecule has 96 valence electrons. The predicted octanol–water partition coefficient (Wildman–Crippen LogP) is 2.37. The van der Waals surface area contributed by atoms with Crippen molar-refractivity contribution in [2.75, 3.05) is 6.54 Å². The molecule has 1 aliphatic carbocycles. The molecule has 1 aliphatic rings. The Hall–Kier alpha value is -0.450. The second kappa shape index (κ2) is 5.94. The van der Waals surface area contributed by atoms with Crippen molar-refractivity contribution in [2.24, 2.45) is 11.7 Å². The van der Waals surface area contributed by atoms with Crippen LogP contribution >= 0.6 is 11.3 Å². The lowest BCUT2D eigenvalue weighted by Gasteiger charge is -2.26. The van der Waals surface area contributed by atoms with Gasteiger partial charge in [0.15, 0.2) is 0 Å². The number of thiazole rings is 1. The van der Waals surface area contributed by atoms with Gasteiger partial charge < -0.3 is 11.1 Å². The van der Waals surface area contributed by atoms with Crippen LogP contribution in [0.4, 0.5) is 0 Å². The molecule has 2 unspecified atom stereocenters. The van der Waals surface area contributed by atoms with Gasteiger partial charge in [-0.2, -0.15) is 0 Å². The van der Waals surface area contributed by atoms with Crippen LogP contribution in [0.5, 0.6) is 0 Å². The van der Waals surface area contributed by atoms with E-state index in [-0.39, 0.29) is 0 Å². The molecule has 2 atom stereocenters. The highest BCUT2D eigenvalue weighted by molar-refractivity contribution is 7.11. The van der Waals surface area contributed by atoms with Crippen LogP contribution in [0.2, 0.25) is 0 Å². The molecule has 1 saturated carbocycles. The van der Waals surface area contributed by atoms with Crippen LogP contribution < -0.4 is 11.1 Å². The molecular formula is C13H23N3S. The Labute approximate surface area is 108 Å². The van der Waals surface area contributed by atoms with Crippen molar-refractivity contribution in [2.45, 2.75) is 52.1 Å². The molecule has 17 heavy (non-hydrogen) atoms. The van der Waals surface area contributed by atoms with Gasteiger partial charge in [-0.15, -0.1) is 11.3 Å². The third-order valence-corrected chi connectivity index (χ3v) is 4.61. The molecule has 2 rings (SSSR count). The summed E-state index contributed by atoms with van der Waals surface area (Å²) in [6.07, 6.45) is 5.03. The van der Waals surface area contributed by atoms with E-state index >= 15 is 0 Å². The van der Waals surface area contributed by atoms with Crippen molar-refractivity contribution < 1.29 is 0 Å². The zero-order valence-electron chi connectivity index (χ0n) is 10.8. The van der Waals surface area contributed by atoms with E-state index in [9.17, 15) is 0 Å². The lowest BCUT2D eigenvalue weighted by atomic mass is 9.86. The number of hydrogen-bond donors (Lipinski definition) is 2. The molecule has 1 aromatic rings. The average Bonchev–Trinajstić information content (AvgIpc) is 2.58. The molecule has 3 N–H and O–H groups in total. The first-order valence-corrected chi connectivity index (χ1v) is 7.36. The number of nitrogens with zero attached hydrogens (tertiary/aromatic N) is 1. The molecule has 0 aromatic carbocycles. The SMILES string of the molecule is Cc1nc(C)c(CNCC2CCCC(N)C2)s1. The van der Waals surface area contributed by atoms with Crippen LogP contribution in [0.3, 0.4) is 0 Å². The van der Waals surface area contributed by atoms with Gasteiger partial charge in [-0.3, -0.25) is 0 Å². The summed E-state index contributed by atoms with van der Waals surface area (Å²) >= 11 is 1.80. The molecule has 0 bridgehead atoms. The van der Waals surface area contributed by atoms with Gasteiger partial charge in [0, 0.05) is 17.5 Å². The summed E-state index contributed by atoms with van der Waals surface area (Å²) in [5, 5.41) is 4.73. The number of aromatic nitrogens is 1. The monoisotopic (exact) mass is 253 g/mol. The minimum absolute atomic E-state index is 0.433. The molecule has 0 spiro atoms. The second-order valence-electron chi connectivity index (χ2n) is 5.17. The first-order chi connectivity index (χ1) is 8.15. The molecule has 0 saturated heterocycles. The minimum Gasteiger partial charge on any atom is -0.328 e. The second-order valence-corrected chi connectivity index (χ2v) is 6.45. The molecule has 4 heteroatoms. The summed E-state index contributed by atoms with van der Waals surface area (Å²) < 4.78 is 0. The molecule has 0 aliphatic heterocycles. The highest BCUT2D eigenvalue weighted by atomic mass is 32.1. The van der Waals surface area contributed by atoms with E-state index in [0.29, 0.717) is 6.04 Å². The van der Waals surface area contributed by atoms with Crippen molar-refractivity contribution in [3.8, 4) is 0 Å². The Morgan fingerprint density at radius 2 is 2.24 bits per heavy atom. The summed E-state index contributed by atoms with van der Waals surface area (Å²) in [5.41, 5.74) is 7.18. The lowest BCUT2D eigenvalue weighted by molar-refractivity contribution is 0.310. The summed E-state index contributed by atoms with van der Waals surface area (Å²) in [4.78, 5) is 5.82. The van der Waals surface area contributed by atoms with E-state index in [1.54, 1.807) is 11.3 Å². The molecular weight excluding hydrogens is 230 g/mol. The van der Waals surface area contributed by atoms with Crippen molar-refractivity contribution in [1.82, 2.24) is 10.3 Å². The lowest BCUT2D eigenvalue weighted by Crippen LogP contribution is -2.33. The standard InChI is InChI=1S/C13H23N3S/c1-9-13(17-10(2)16-9)8-15-7-11-4-3-5-12(14)6-11/h11-12,15H,3-8,14H2,1-2H3. The van der Waals surface area contributed by atoms with Gasteiger partial charge in [0.05, 0.1) is 10.7 Å². The highest BCUT2D eigenvalue weighted by Gasteiger charge is 2.18. The molecule has 1 fully saturated rings. The Kier molecular flexibility index (Phi) is 4.54. The largest absolute Gasteiger partial charge is 0.328 e. The highest BCUT2D eigenvalue weighted by Crippen LogP contribution is 2.23. The first kappa shape index (κ1) is 13.0. The summed E-state index contributed by atoms with van der Waals surface area (Å²) in [6.45, 7) is 6.23. The van der Waals surface area contributed by atoms with Crippen LogP contribution in [0, 0.1) is 19.8 Å². The first-order valence-electron chi connectivity index (χ1n) is 6.54. The van der Waals surface area contributed by atoms with Gasteiger partial charge >= 0.3 is 0 Å². The fourth-order valence-corrected chi connectivity index (χ4v) is 3.55. The number of nitrogens with one attached hydrogen (secondary N) is 1. The fraction of sp³-hybridized carbons (Fsp3) is 0.769. The number of aryl methyl sites for hydroxylation is 2. The van der Waals surface area contributed by atoms with Gasteiger partial charge in [0.1, 0.15) is 0 Å². The topological polar surface area (TPSA) is 50.9 Å². The van der Waals surface area contributed by atoms with Crippen molar-refractivity contribution >= 4 is 11.3 Å². The third kappa shape index (κ3) is 3.76. The van der Waals surface area contributed by atoms with E-state index in [4.69, 9.17) is 5.73 Å². The molecule has 3 nitrogen and oxygen atoms in total. The maximum Gasteiger partial charge on any atom is 0.0900 e. The van der Waals surface area contributed by atoms with E-state index in [1.165, 1.54) is 41.3 Å². The molecule has 0 radical (unpaired) electrons. The normalized spacial score (nSPS) is 25.1. The van der Waals surface area contributed by atoms with E-state index in [1.807, 2.05) is 0 Å². The average molecular weight is 253 g/mol. The van der Waals surface area contributed by atoms with Gasteiger partial charge in [-0.1, -0.05) is 6.42 Å². The maximum absolute atomic E-state index is 6.00. The van der Waals surface area contributed by atoms with E-state index in [0.717, 1.165) is 19.0 Å². The van der Waals surface area contributed by atoms with E-state index in [2.05, 4.69) is 24.1 Å². The maximum atomic E-state index is 6.00. The smallest absolute Gasteiger partial charge is 0.0900 e. The Morgan fingerprint density at radius 1 is 1.41 bits per heavy atom. The van der Waals surface area contributed by atoms with Crippen LogP contribution in [0.1, 0.15) is 41.3 Å². The third-order valence-electron chi connectivity index (χ3n) is 3.54. The summed E-state index contributed by atoms with van der Waals surface area (Å²) in [7, 11) is 0. The molecule has 0 amide bonds. The van der Waals surface area contributed by atoms with E-state index < -0.39 is 0 Å². The van der Waals surface area contributed by atoms with Crippen LogP contribution in [-0.4, -0.2) is 17.6 Å². The number of hydrogen-bond acceptors (Lipinski definition) is 4. The van der Waals surface area contributed by atoms with Crippen molar-refractivity contribution in [3.05, 3.63) is 15.6 Å². The Bertz CT molecular complexity index is 362. The zero-order valence-corrected chi connectivity index (χ0v) is 11.6. The summed E-state index contributed by atoms with van der Waals surface area (Å²) in [6, 6.07) is 0.433.